The van der Waals surface area contributed by atoms with E-state index in [2.05, 4.69) is 22.3 Å². The minimum atomic E-state index is -0.0709. The summed E-state index contributed by atoms with van der Waals surface area (Å²) in [5, 5.41) is 3.67. The number of fused-ring (bicyclic) bond motifs is 1. The van der Waals surface area contributed by atoms with Crippen LogP contribution < -0.4 is 5.32 Å². The van der Waals surface area contributed by atoms with E-state index in [-0.39, 0.29) is 18.5 Å². The molecule has 0 aliphatic carbocycles. The number of carbonyl (C=O) groups is 1. The molecule has 1 heterocycles. The van der Waals surface area contributed by atoms with Crippen LogP contribution in [0.25, 0.3) is 10.2 Å². The monoisotopic (exact) mass is 287 g/mol. The first-order valence-corrected chi connectivity index (χ1v) is 7.19. The van der Waals surface area contributed by atoms with E-state index in [4.69, 9.17) is 6.42 Å². The Morgan fingerprint density at radius 2 is 2.30 bits per heavy atom. The lowest BCUT2D eigenvalue weighted by atomic mass is 10.3. The predicted molar refractivity (Wildman–Crippen MR) is 82.5 cm³/mol. The first-order chi connectivity index (χ1) is 9.61. The largest absolute Gasteiger partial charge is 0.344 e. The van der Waals surface area contributed by atoms with Crippen molar-refractivity contribution in [3.63, 3.8) is 0 Å². The van der Waals surface area contributed by atoms with E-state index in [1.54, 1.807) is 11.3 Å². The summed E-state index contributed by atoms with van der Waals surface area (Å²) in [5.41, 5.74) is 1.00. The number of terminal acetylenes is 1. The van der Waals surface area contributed by atoms with Crippen LogP contribution in [0, 0.1) is 12.3 Å². The number of likely N-dealkylation sites (N-methyl/N-ethyl adjacent to an activating group) is 1. The summed E-state index contributed by atoms with van der Waals surface area (Å²) in [6, 6.07) is 8.13. The van der Waals surface area contributed by atoms with Gasteiger partial charge in [0.25, 0.3) is 0 Å². The number of carbonyl (C=O) groups excluding carboxylic acids is 1. The van der Waals surface area contributed by atoms with Gasteiger partial charge in [0.05, 0.1) is 29.3 Å². The smallest absolute Gasteiger partial charge is 0.234 e. The Hall–Kier alpha value is -1.90. The Morgan fingerprint density at radius 1 is 1.55 bits per heavy atom. The highest BCUT2D eigenvalue weighted by atomic mass is 32.1. The van der Waals surface area contributed by atoms with Crippen molar-refractivity contribution in [3.8, 4) is 12.3 Å². The summed E-state index contributed by atoms with van der Waals surface area (Å²) in [6.45, 7) is 2.62. The number of nitrogens with one attached hydrogen (secondary N) is 1. The molecule has 1 aromatic carbocycles. The van der Waals surface area contributed by atoms with Crippen LogP contribution in [0.2, 0.25) is 0 Å². The zero-order valence-corrected chi connectivity index (χ0v) is 12.4. The van der Waals surface area contributed by atoms with Crippen LogP contribution in [-0.4, -0.2) is 35.9 Å². The third kappa shape index (κ3) is 3.35. The van der Waals surface area contributed by atoms with Crippen molar-refractivity contribution < 1.29 is 4.79 Å². The molecule has 0 radical (unpaired) electrons. The molecule has 1 unspecified atom stereocenters. The van der Waals surface area contributed by atoms with Crippen LogP contribution in [0.5, 0.6) is 0 Å². The number of benzene rings is 1. The van der Waals surface area contributed by atoms with Gasteiger partial charge < -0.3 is 5.32 Å². The van der Waals surface area contributed by atoms with Crippen molar-refractivity contribution in [3.05, 3.63) is 29.3 Å². The Labute approximate surface area is 122 Å². The first kappa shape index (κ1) is 14.5. The summed E-state index contributed by atoms with van der Waals surface area (Å²) in [5.74, 6) is 2.32. The molecular formula is C15H17N3OS. The molecule has 104 valence electrons. The summed E-state index contributed by atoms with van der Waals surface area (Å²) in [4.78, 5) is 18.2. The van der Waals surface area contributed by atoms with Crippen molar-refractivity contribution >= 4 is 27.5 Å². The van der Waals surface area contributed by atoms with Crippen molar-refractivity contribution in [2.75, 3.05) is 20.1 Å². The maximum Gasteiger partial charge on any atom is 0.234 e. The van der Waals surface area contributed by atoms with Gasteiger partial charge in [-0.1, -0.05) is 18.1 Å². The highest BCUT2D eigenvalue weighted by molar-refractivity contribution is 7.18. The van der Waals surface area contributed by atoms with Crippen LogP contribution in [0.3, 0.4) is 0 Å². The van der Waals surface area contributed by atoms with Gasteiger partial charge >= 0.3 is 0 Å². The number of rotatable bonds is 5. The molecule has 5 heteroatoms. The van der Waals surface area contributed by atoms with Gasteiger partial charge in [-0.05, 0) is 26.1 Å². The zero-order chi connectivity index (χ0) is 14.5. The van der Waals surface area contributed by atoms with Crippen LogP contribution in [-0.2, 0) is 4.79 Å². The van der Waals surface area contributed by atoms with E-state index >= 15 is 0 Å². The molecule has 0 fully saturated rings. The average molecular weight is 287 g/mol. The van der Waals surface area contributed by atoms with Crippen LogP contribution >= 0.6 is 11.3 Å². The Morgan fingerprint density at radius 3 is 3.00 bits per heavy atom. The van der Waals surface area contributed by atoms with E-state index in [9.17, 15) is 4.79 Å². The quantitative estimate of drug-likeness (QED) is 0.856. The molecule has 1 N–H and O–H groups in total. The van der Waals surface area contributed by atoms with E-state index in [0.29, 0.717) is 6.54 Å². The lowest BCUT2D eigenvalue weighted by Crippen LogP contribution is -2.36. The number of hydrogen-bond acceptors (Lipinski definition) is 4. The molecule has 2 rings (SSSR count). The van der Waals surface area contributed by atoms with Gasteiger partial charge in [0.2, 0.25) is 5.91 Å². The van der Waals surface area contributed by atoms with Crippen molar-refractivity contribution in [2.45, 2.75) is 13.0 Å². The SMILES string of the molecule is C#CCNC(=O)CN(C)C(C)c1nc2ccccc2s1. The Balaban J connectivity index is 2.04. The number of amides is 1. The lowest BCUT2D eigenvalue weighted by molar-refractivity contribution is -0.122. The number of aromatic nitrogens is 1. The molecule has 1 atom stereocenters. The van der Waals surface area contributed by atoms with Gasteiger partial charge in [0.15, 0.2) is 0 Å². The fourth-order valence-electron chi connectivity index (χ4n) is 1.83. The second kappa shape index (κ2) is 6.51. The summed E-state index contributed by atoms with van der Waals surface area (Å²) in [6.07, 6.45) is 5.11. The maximum absolute atomic E-state index is 11.7. The number of thiazole rings is 1. The molecule has 4 nitrogen and oxygen atoms in total. The summed E-state index contributed by atoms with van der Waals surface area (Å²) < 4.78 is 1.17. The average Bonchev–Trinajstić information content (AvgIpc) is 2.87. The highest BCUT2D eigenvalue weighted by Crippen LogP contribution is 2.28. The first-order valence-electron chi connectivity index (χ1n) is 6.37. The second-order valence-electron chi connectivity index (χ2n) is 4.59. The molecule has 0 aliphatic rings. The topological polar surface area (TPSA) is 45.2 Å². The molecule has 0 saturated carbocycles. The van der Waals surface area contributed by atoms with E-state index in [0.717, 1.165) is 10.5 Å². The van der Waals surface area contributed by atoms with E-state index in [1.807, 2.05) is 37.1 Å². The standard InChI is InChI=1S/C15H17N3OS/c1-4-9-16-14(19)10-18(3)11(2)15-17-12-7-5-6-8-13(12)20-15/h1,5-8,11H,9-10H2,2-3H3,(H,16,19). The van der Waals surface area contributed by atoms with Crippen molar-refractivity contribution in [2.24, 2.45) is 0 Å². The number of nitrogens with zero attached hydrogens (tertiary/aromatic N) is 2. The maximum atomic E-state index is 11.7. The van der Waals surface area contributed by atoms with Crippen molar-refractivity contribution in [1.82, 2.24) is 15.2 Å². The highest BCUT2D eigenvalue weighted by Gasteiger charge is 2.18. The minimum absolute atomic E-state index is 0.0709. The summed E-state index contributed by atoms with van der Waals surface area (Å²) in [7, 11) is 1.91. The van der Waals surface area contributed by atoms with Gasteiger partial charge in [0, 0.05) is 0 Å². The number of para-hydroxylation sites is 1. The number of hydrogen-bond donors (Lipinski definition) is 1. The van der Waals surface area contributed by atoms with Crippen molar-refractivity contribution in [1.29, 1.82) is 0 Å². The third-order valence-corrected chi connectivity index (χ3v) is 4.32. The van der Waals surface area contributed by atoms with Crippen LogP contribution in [0.15, 0.2) is 24.3 Å². The second-order valence-corrected chi connectivity index (χ2v) is 5.65. The molecule has 0 saturated heterocycles. The van der Waals surface area contributed by atoms with Gasteiger partial charge in [-0.15, -0.1) is 17.8 Å². The lowest BCUT2D eigenvalue weighted by Gasteiger charge is -2.21. The van der Waals surface area contributed by atoms with Gasteiger partial charge in [-0.2, -0.15) is 0 Å². The zero-order valence-electron chi connectivity index (χ0n) is 11.6. The van der Waals surface area contributed by atoms with E-state index < -0.39 is 0 Å². The Kier molecular flexibility index (Phi) is 4.72. The molecule has 1 aromatic heterocycles. The van der Waals surface area contributed by atoms with E-state index in [1.165, 1.54) is 4.70 Å². The van der Waals surface area contributed by atoms with Crippen LogP contribution in [0.4, 0.5) is 0 Å². The molecule has 2 aromatic rings. The Bertz CT molecular complexity index is 611. The fraction of sp³-hybridized carbons (Fsp3) is 0.333. The van der Waals surface area contributed by atoms with Gasteiger partial charge in [-0.3, -0.25) is 9.69 Å². The predicted octanol–water partition coefficient (Wildman–Crippen LogP) is 2.04. The fourth-order valence-corrected chi connectivity index (χ4v) is 2.91. The molecule has 0 aliphatic heterocycles. The normalized spacial score (nSPS) is 12.3. The minimum Gasteiger partial charge on any atom is -0.344 e. The third-order valence-electron chi connectivity index (χ3n) is 3.11. The van der Waals surface area contributed by atoms with Gasteiger partial charge in [0.1, 0.15) is 5.01 Å². The summed E-state index contributed by atoms with van der Waals surface area (Å²) >= 11 is 1.66. The molecule has 20 heavy (non-hydrogen) atoms. The van der Waals surface area contributed by atoms with Gasteiger partial charge in [-0.25, -0.2) is 4.98 Å². The van der Waals surface area contributed by atoms with Crippen LogP contribution in [0.1, 0.15) is 18.0 Å². The molecule has 0 spiro atoms. The molecular weight excluding hydrogens is 270 g/mol. The molecule has 1 amide bonds. The molecule has 0 bridgehead atoms.